The van der Waals surface area contributed by atoms with Crippen LogP contribution in [0.2, 0.25) is 0 Å². The molecule has 0 aromatic carbocycles. The average Bonchev–Trinajstić information content (AvgIpc) is 1.89. The molecule has 0 unspecified atom stereocenters. The SMILES string of the molecule is C/C=C/C[CH]C/C=C/C. The molecule has 0 aliphatic heterocycles. The number of unbranched alkanes of at least 4 members (excludes halogenated alkanes) is 2. The van der Waals surface area contributed by atoms with Crippen LogP contribution in [0.1, 0.15) is 26.7 Å². The van der Waals surface area contributed by atoms with Crippen LogP contribution in [-0.4, -0.2) is 0 Å². The van der Waals surface area contributed by atoms with E-state index in [2.05, 4.69) is 30.7 Å². The Balaban J connectivity index is 2.91. The molecule has 0 aliphatic carbocycles. The smallest absolute Gasteiger partial charge is 0.0311 e. The summed E-state index contributed by atoms with van der Waals surface area (Å²) in [5.41, 5.74) is 0. The average molecular weight is 123 g/mol. The molecule has 0 bridgehead atoms. The normalized spacial score (nSPS) is 11.8. The summed E-state index contributed by atoms with van der Waals surface area (Å²) < 4.78 is 0. The van der Waals surface area contributed by atoms with E-state index < -0.39 is 0 Å². The molecule has 0 amide bonds. The molecule has 0 saturated carbocycles. The first-order valence-electron chi connectivity index (χ1n) is 3.45. The molecule has 9 heavy (non-hydrogen) atoms. The van der Waals surface area contributed by atoms with Gasteiger partial charge in [-0.2, -0.15) is 0 Å². The largest absolute Gasteiger partial charge is 0.0917 e. The number of allylic oxidation sites excluding steroid dienone is 4. The molecule has 0 heterocycles. The monoisotopic (exact) mass is 123 g/mol. The molecule has 0 atom stereocenters. The molecule has 0 spiro atoms. The van der Waals surface area contributed by atoms with Crippen LogP contribution in [0.5, 0.6) is 0 Å². The lowest BCUT2D eigenvalue weighted by Crippen LogP contribution is -1.68. The van der Waals surface area contributed by atoms with E-state index in [9.17, 15) is 0 Å². The van der Waals surface area contributed by atoms with E-state index in [0.29, 0.717) is 0 Å². The van der Waals surface area contributed by atoms with Gasteiger partial charge in [0.05, 0.1) is 0 Å². The van der Waals surface area contributed by atoms with Crippen LogP contribution < -0.4 is 0 Å². The maximum absolute atomic E-state index is 2.25. The third-order valence-electron chi connectivity index (χ3n) is 1.08. The minimum Gasteiger partial charge on any atom is -0.0917 e. The predicted octanol–water partition coefficient (Wildman–Crippen LogP) is 3.12. The van der Waals surface area contributed by atoms with Crippen LogP contribution >= 0.6 is 0 Å². The minimum absolute atomic E-state index is 1.10. The Morgan fingerprint density at radius 1 is 0.889 bits per heavy atom. The summed E-state index contributed by atoms with van der Waals surface area (Å²) in [5.74, 6) is 0. The van der Waals surface area contributed by atoms with Crippen LogP contribution in [0.25, 0.3) is 0 Å². The van der Waals surface area contributed by atoms with Crippen molar-refractivity contribution in [3.63, 3.8) is 0 Å². The first kappa shape index (κ1) is 8.48. The maximum atomic E-state index is 2.25. The Bertz CT molecular complexity index is 76.2. The Morgan fingerprint density at radius 2 is 1.33 bits per heavy atom. The lowest BCUT2D eigenvalue weighted by molar-refractivity contribution is 1.10. The van der Waals surface area contributed by atoms with Crippen molar-refractivity contribution < 1.29 is 0 Å². The molecule has 0 rings (SSSR count). The first-order valence-corrected chi connectivity index (χ1v) is 3.45. The van der Waals surface area contributed by atoms with Crippen molar-refractivity contribution in [1.82, 2.24) is 0 Å². The second kappa shape index (κ2) is 7.48. The standard InChI is InChI=1S/C9H15/c1-3-5-7-9-8-6-4-2/h3-6,9H,7-8H2,1-2H3/b5-3+,6-4+. The quantitative estimate of drug-likeness (QED) is 0.398. The van der Waals surface area contributed by atoms with Crippen molar-refractivity contribution in [3.8, 4) is 0 Å². The van der Waals surface area contributed by atoms with E-state index in [1.807, 2.05) is 13.8 Å². The Labute approximate surface area is 58.3 Å². The third kappa shape index (κ3) is 7.48. The van der Waals surface area contributed by atoms with E-state index in [1.54, 1.807) is 0 Å². The zero-order valence-electron chi connectivity index (χ0n) is 6.30. The lowest BCUT2D eigenvalue weighted by Gasteiger charge is -1.86. The molecule has 0 aromatic heterocycles. The number of hydrogen-bond donors (Lipinski definition) is 0. The number of hydrogen-bond acceptors (Lipinski definition) is 0. The molecule has 1 radical (unpaired) electrons. The molecule has 0 aliphatic rings. The van der Waals surface area contributed by atoms with Gasteiger partial charge in [0.15, 0.2) is 0 Å². The van der Waals surface area contributed by atoms with Crippen LogP contribution in [0.15, 0.2) is 24.3 Å². The first-order chi connectivity index (χ1) is 4.41. The van der Waals surface area contributed by atoms with Gasteiger partial charge in [0, 0.05) is 0 Å². The lowest BCUT2D eigenvalue weighted by atomic mass is 10.2. The second-order valence-electron chi connectivity index (χ2n) is 1.90. The van der Waals surface area contributed by atoms with Crippen molar-refractivity contribution in [2.75, 3.05) is 0 Å². The van der Waals surface area contributed by atoms with Crippen molar-refractivity contribution >= 4 is 0 Å². The van der Waals surface area contributed by atoms with E-state index >= 15 is 0 Å². The summed E-state index contributed by atoms with van der Waals surface area (Å²) in [4.78, 5) is 0. The van der Waals surface area contributed by atoms with Crippen molar-refractivity contribution in [3.05, 3.63) is 30.7 Å². The number of rotatable bonds is 4. The fourth-order valence-electron chi connectivity index (χ4n) is 0.561. The van der Waals surface area contributed by atoms with Gasteiger partial charge in [0.2, 0.25) is 0 Å². The summed E-state index contributed by atoms with van der Waals surface area (Å²) in [6.07, 6.45) is 12.9. The fraction of sp³-hybridized carbons (Fsp3) is 0.444. The van der Waals surface area contributed by atoms with Gasteiger partial charge in [-0.3, -0.25) is 0 Å². The van der Waals surface area contributed by atoms with E-state index in [-0.39, 0.29) is 0 Å². The molecule has 0 nitrogen and oxygen atoms in total. The van der Waals surface area contributed by atoms with Gasteiger partial charge in [-0.15, -0.1) is 0 Å². The summed E-state index contributed by atoms with van der Waals surface area (Å²) in [6, 6.07) is 0. The van der Waals surface area contributed by atoms with Crippen molar-refractivity contribution in [2.24, 2.45) is 0 Å². The second-order valence-corrected chi connectivity index (χ2v) is 1.90. The van der Waals surface area contributed by atoms with Crippen molar-refractivity contribution in [2.45, 2.75) is 26.7 Å². The molecular formula is C9H15. The van der Waals surface area contributed by atoms with E-state index in [1.165, 1.54) is 0 Å². The Hall–Kier alpha value is -0.520. The highest BCUT2D eigenvalue weighted by atomic mass is 13.8. The molecule has 0 N–H and O–H groups in total. The van der Waals surface area contributed by atoms with Gasteiger partial charge in [-0.25, -0.2) is 0 Å². The van der Waals surface area contributed by atoms with Gasteiger partial charge < -0.3 is 0 Å². The Kier molecular flexibility index (Phi) is 7.05. The highest BCUT2D eigenvalue weighted by Gasteiger charge is 1.77. The summed E-state index contributed by atoms with van der Waals surface area (Å²) in [6.45, 7) is 4.09. The van der Waals surface area contributed by atoms with Crippen LogP contribution in [0, 0.1) is 6.42 Å². The van der Waals surface area contributed by atoms with Crippen LogP contribution in [0.4, 0.5) is 0 Å². The van der Waals surface area contributed by atoms with Gasteiger partial charge >= 0.3 is 0 Å². The molecular weight excluding hydrogens is 108 g/mol. The zero-order chi connectivity index (χ0) is 6.95. The third-order valence-corrected chi connectivity index (χ3v) is 1.08. The molecule has 0 aromatic rings. The van der Waals surface area contributed by atoms with E-state index in [4.69, 9.17) is 0 Å². The predicted molar refractivity (Wildman–Crippen MR) is 43.2 cm³/mol. The molecule has 0 heteroatoms. The van der Waals surface area contributed by atoms with Gasteiger partial charge in [-0.1, -0.05) is 24.3 Å². The summed E-state index contributed by atoms with van der Waals surface area (Å²) in [5, 5.41) is 0. The summed E-state index contributed by atoms with van der Waals surface area (Å²) >= 11 is 0. The van der Waals surface area contributed by atoms with E-state index in [0.717, 1.165) is 12.8 Å². The Morgan fingerprint density at radius 3 is 1.67 bits per heavy atom. The molecule has 0 saturated heterocycles. The zero-order valence-corrected chi connectivity index (χ0v) is 6.30. The summed E-state index contributed by atoms with van der Waals surface area (Å²) in [7, 11) is 0. The topological polar surface area (TPSA) is 0 Å². The van der Waals surface area contributed by atoms with Crippen LogP contribution in [0.3, 0.4) is 0 Å². The van der Waals surface area contributed by atoms with Crippen LogP contribution in [-0.2, 0) is 0 Å². The minimum atomic E-state index is 1.10. The molecule has 0 fully saturated rings. The van der Waals surface area contributed by atoms with Gasteiger partial charge in [0.25, 0.3) is 0 Å². The highest BCUT2D eigenvalue weighted by molar-refractivity contribution is 4.89. The maximum Gasteiger partial charge on any atom is -0.0311 e. The van der Waals surface area contributed by atoms with Gasteiger partial charge in [-0.05, 0) is 33.1 Å². The van der Waals surface area contributed by atoms with Crippen molar-refractivity contribution in [1.29, 1.82) is 0 Å². The molecule has 51 valence electrons. The highest BCUT2D eigenvalue weighted by Crippen LogP contribution is 1.95. The fourth-order valence-corrected chi connectivity index (χ4v) is 0.561. The van der Waals surface area contributed by atoms with Gasteiger partial charge in [0.1, 0.15) is 0 Å².